The maximum atomic E-state index is 5.76. The number of hydrogen-bond donors (Lipinski definition) is 2. The maximum absolute atomic E-state index is 5.76. The van der Waals surface area contributed by atoms with Crippen LogP contribution in [0.25, 0.3) is 0 Å². The van der Waals surface area contributed by atoms with Crippen molar-refractivity contribution in [3.8, 4) is 0 Å². The van der Waals surface area contributed by atoms with Crippen molar-refractivity contribution in [2.45, 2.75) is 46.8 Å². The van der Waals surface area contributed by atoms with Gasteiger partial charge in [-0.05, 0) is 31.7 Å². The van der Waals surface area contributed by atoms with Crippen molar-refractivity contribution in [2.75, 3.05) is 20.2 Å². The molecule has 0 bridgehead atoms. The van der Waals surface area contributed by atoms with Gasteiger partial charge in [-0.2, -0.15) is 0 Å². The first-order chi connectivity index (χ1) is 10.6. The summed E-state index contributed by atoms with van der Waals surface area (Å²) >= 11 is 0. The Labute approximate surface area is 158 Å². The summed E-state index contributed by atoms with van der Waals surface area (Å²) in [6.45, 7) is 10.9. The molecule has 0 aliphatic carbocycles. The van der Waals surface area contributed by atoms with Crippen molar-refractivity contribution >= 4 is 29.9 Å². The standard InChI is InChI=1S/C18H31N3O.HI/c1-6-22-17(14(2)3)11-12-20-18(19-5)21-13-16-9-7-15(4)8-10-16;/h7-10,14,17H,6,11-13H2,1-5H3,(H2,19,20,21);1H. The lowest BCUT2D eigenvalue weighted by molar-refractivity contribution is 0.0258. The number of rotatable bonds is 8. The lowest BCUT2D eigenvalue weighted by Gasteiger charge is -2.21. The number of aryl methyl sites for hydroxylation is 1. The molecule has 0 aromatic heterocycles. The third kappa shape index (κ3) is 9.15. The van der Waals surface area contributed by atoms with Crippen molar-refractivity contribution in [1.29, 1.82) is 0 Å². The second-order valence-electron chi connectivity index (χ2n) is 5.86. The summed E-state index contributed by atoms with van der Waals surface area (Å²) in [5.74, 6) is 1.36. The Morgan fingerprint density at radius 1 is 1.17 bits per heavy atom. The smallest absolute Gasteiger partial charge is 0.191 e. The lowest BCUT2D eigenvalue weighted by atomic mass is 10.0. The van der Waals surface area contributed by atoms with E-state index >= 15 is 0 Å². The molecule has 5 heteroatoms. The second-order valence-corrected chi connectivity index (χ2v) is 5.86. The first-order valence-corrected chi connectivity index (χ1v) is 8.18. The van der Waals surface area contributed by atoms with E-state index in [0.717, 1.165) is 32.1 Å². The molecule has 1 unspecified atom stereocenters. The molecule has 0 saturated heterocycles. The number of benzene rings is 1. The maximum Gasteiger partial charge on any atom is 0.191 e. The Balaban J connectivity index is 0.00000484. The van der Waals surface area contributed by atoms with E-state index in [9.17, 15) is 0 Å². The average molecular weight is 433 g/mol. The normalized spacial score (nSPS) is 12.7. The molecule has 1 aromatic carbocycles. The van der Waals surface area contributed by atoms with E-state index in [2.05, 4.69) is 60.7 Å². The Morgan fingerprint density at radius 2 is 1.83 bits per heavy atom. The van der Waals surface area contributed by atoms with E-state index < -0.39 is 0 Å². The molecular formula is C18H32IN3O. The number of ether oxygens (including phenoxy) is 1. The molecule has 0 amide bonds. The molecule has 0 radical (unpaired) electrons. The molecule has 1 atom stereocenters. The summed E-state index contributed by atoms with van der Waals surface area (Å²) in [5.41, 5.74) is 2.53. The molecule has 2 N–H and O–H groups in total. The van der Waals surface area contributed by atoms with Crippen molar-refractivity contribution in [3.63, 3.8) is 0 Å². The van der Waals surface area contributed by atoms with Crippen molar-refractivity contribution in [2.24, 2.45) is 10.9 Å². The molecule has 1 rings (SSSR count). The highest BCUT2D eigenvalue weighted by Gasteiger charge is 2.12. The van der Waals surface area contributed by atoms with Crippen LogP contribution >= 0.6 is 24.0 Å². The van der Waals surface area contributed by atoms with Gasteiger partial charge in [0, 0.05) is 26.7 Å². The van der Waals surface area contributed by atoms with Crippen molar-refractivity contribution in [1.82, 2.24) is 10.6 Å². The highest BCUT2D eigenvalue weighted by Crippen LogP contribution is 2.09. The summed E-state index contributed by atoms with van der Waals surface area (Å²) in [7, 11) is 1.80. The van der Waals surface area contributed by atoms with Crippen LogP contribution in [0.3, 0.4) is 0 Å². The van der Waals surface area contributed by atoms with Gasteiger partial charge in [-0.25, -0.2) is 0 Å². The Morgan fingerprint density at radius 3 is 2.35 bits per heavy atom. The fourth-order valence-corrected chi connectivity index (χ4v) is 2.27. The van der Waals surface area contributed by atoms with Gasteiger partial charge in [0.15, 0.2) is 5.96 Å². The monoisotopic (exact) mass is 433 g/mol. The molecule has 0 aliphatic heterocycles. The molecule has 0 fully saturated rings. The van der Waals surface area contributed by atoms with Crippen molar-refractivity contribution in [3.05, 3.63) is 35.4 Å². The Kier molecular flexibility index (Phi) is 12.1. The molecular weight excluding hydrogens is 401 g/mol. The van der Waals surface area contributed by atoms with E-state index in [1.807, 2.05) is 6.92 Å². The van der Waals surface area contributed by atoms with Gasteiger partial charge in [-0.15, -0.1) is 24.0 Å². The van der Waals surface area contributed by atoms with Crippen LogP contribution in [-0.4, -0.2) is 32.3 Å². The number of guanidine groups is 1. The minimum atomic E-state index is 0. The molecule has 132 valence electrons. The fraction of sp³-hybridized carbons (Fsp3) is 0.611. The Hall–Kier alpha value is -0.820. The number of hydrogen-bond acceptors (Lipinski definition) is 2. The van der Waals surface area contributed by atoms with Crippen LogP contribution in [0.1, 0.15) is 38.3 Å². The summed E-state index contributed by atoms with van der Waals surface area (Å²) in [6.07, 6.45) is 1.28. The highest BCUT2D eigenvalue weighted by atomic mass is 127. The largest absolute Gasteiger partial charge is 0.378 e. The fourth-order valence-electron chi connectivity index (χ4n) is 2.27. The van der Waals surface area contributed by atoms with Crippen LogP contribution in [0.5, 0.6) is 0 Å². The van der Waals surface area contributed by atoms with Gasteiger partial charge in [-0.3, -0.25) is 4.99 Å². The lowest BCUT2D eigenvalue weighted by Crippen LogP contribution is -2.38. The molecule has 0 heterocycles. The minimum absolute atomic E-state index is 0. The van der Waals surface area contributed by atoms with Gasteiger partial charge in [0.25, 0.3) is 0 Å². The van der Waals surface area contributed by atoms with Gasteiger partial charge in [0.05, 0.1) is 6.10 Å². The van der Waals surface area contributed by atoms with Crippen LogP contribution in [0, 0.1) is 12.8 Å². The van der Waals surface area contributed by atoms with Crippen LogP contribution in [0.2, 0.25) is 0 Å². The van der Waals surface area contributed by atoms with Gasteiger partial charge < -0.3 is 15.4 Å². The van der Waals surface area contributed by atoms with E-state index in [1.165, 1.54) is 11.1 Å². The van der Waals surface area contributed by atoms with Crippen LogP contribution in [0.4, 0.5) is 0 Å². The molecule has 4 nitrogen and oxygen atoms in total. The first-order valence-electron chi connectivity index (χ1n) is 8.18. The van der Waals surface area contributed by atoms with Gasteiger partial charge in [0.1, 0.15) is 0 Å². The predicted octanol–water partition coefficient (Wildman–Crippen LogP) is 3.73. The van der Waals surface area contributed by atoms with E-state index in [1.54, 1.807) is 7.05 Å². The number of halogens is 1. The quantitative estimate of drug-likeness (QED) is 0.373. The highest BCUT2D eigenvalue weighted by molar-refractivity contribution is 14.0. The predicted molar refractivity (Wildman–Crippen MR) is 110 cm³/mol. The summed E-state index contributed by atoms with van der Waals surface area (Å²) in [4.78, 5) is 4.26. The summed E-state index contributed by atoms with van der Waals surface area (Å²) in [6, 6.07) is 8.53. The molecule has 0 spiro atoms. The summed E-state index contributed by atoms with van der Waals surface area (Å²) in [5, 5.41) is 6.69. The SMILES string of the molecule is CCOC(CCNC(=NC)NCc1ccc(C)cc1)C(C)C.I. The molecule has 0 saturated carbocycles. The minimum Gasteiger partial charge on any atom is -0.378 e. The van der Waals surface area contributed by atoms with Gasteiger partial charge in [0.2, 0.25) is 0 Å². The van der Waals surface area contributed by atoms with Crippen molar-refractivity contribution < 1.29 is 4.74 Å². The Bertz CT molecular complexity index is 446. The molecule has 1 aromatic rings. The van der Waals surface area contributed by atoms with Crippen LogP contribution in [0.15, 0.2) is 29.3 Å². The average Bonchev–Trinajstić information content (AvgIpc) is 2.51. The zero-order valence-electron chi connectivity index (χ0n) is 15.1. The van der Waals surface area contributed by atoms with E-state index in [4.69, 9.17) is 4.74 Å². The second kappa shape index (κ2) is 12.6. The van der Waals surface area contributed by atoms with E-state index in [-0.39, 0.29) is 24.0 Å². The molecule has 23 heavy (non-hydrogen) atoms. The van der Waals surface area contributed by atoms with Crippen LogP contribution in [-0.2, 0) is 11.3 Å². The van der Waals surface area contributed by atoms with Gasteiger partial charge >= 0.3 is 0 Å². The summed E-state index contributed by atoms with van der Waals surface area (Å²) < 4.78 is 5.76. The number of nitrogens with zero attached hydrogens (tertiary/aromatic N) is 1. The first kappa shape index (κ1) is 22.2. The zero-order valence-corrected chi connectivity index (χ0v) is 17.4. The topological polar surface area (TPSA) is 45.6 Å². The molecule has 0 aliphatic rings. The zero-order chi connectivity index (χ0) is 16.4. The van der Waals surface area contributed by atoms with Gasteiger partial charge in [-0.1, -0.05) is 43.7 Å². The number of nitrogens with one attached hydrogen (secondary N) is 2. The van der Waals surface area contributed by atoms with Crippen LogP contribution < -0.4 is 10.6 Å². The third-order valence-electron chi connectivity index (χ3n) is 3.65. The van der Waals surface area contributed by atoms with E-state index in [0.29, 0.717) is 12.0 Å². The third-order valence-corrected chi connectivity index (χ3v) is 3.65. The number of aliphatic imine (C=N–C) groups is 1.